The normalized spacial score (nSPS) is 18.7. The minimum atomic E-state index is 0.0121. The summed E-state index contributed by atoms with van der Waals surface area (Å²) in [6.45, 7) is 7.55. The predicted octanol–water partition coefficient (Wildman–Crippen LogP) is 2.86. The number of nitriles is 1. The van der Waals surface area contributed by atoms with Crippen LogP contribution < -0.4 is 5.32 Å². The summed E-state index contributed by atoms with van der Waals surface area (Å²) in [6.07, 6.45) is 1.74. The number of hydrogen-bond donors (Lipinski definition) is 1. The summed E-state index contributed by atoms with van der Waals surface area (Å²) in [5.41, 5.74) is 1.26. The first-order valence-electron chi connectivity index (χ1n) is 7.61. The van der Waals surface area contributed by atoms with Crippen LogP contribution in [0.5, 0.6) is 0 Å². The van der Waals surface area contributed by atoms with Gasteiger partial charge in [-0.05, 0) is 43.0 Å². The van der Waals surface area contributed by atoms with Crippen molar-refractivity contribution in [2.75, 3.05) is 25.0 Å². The van der Waals surface area contributed by atoms with Gasteiger partial charge in [0.05, 0.1) is 11.6 Å². The molecule has 1 N–H and O–H groups in total. The van der Waals surface area contributed by atoms with Crippen LogP contribution in [-0.4, -0.2) is 30.4 Å². The number of rotatable bonds is 5. The summed E-state index contributed by atoms with van der Waals surface area (Å²) < 4.78 is 0. The molecule has 21 heavy (non-hydrogen) atoms. The minimum absolute atomic E-state index is 0.0121. The lowest BCUT2D eigenvalue weighted by atomic mass is 9.95. The van der Waals surface area contributed by atoms with Crippen LogP contribution in [0.4, 0.5) is 5.69 Å². The number of carbonyl (C=O) groups is 1. The van der Waals surface area contributed by atoms with Crippen molar-refractivity contribution in [2.24, 2.45) is 11.8 Å². The summed E-state index contributed by atoms with van der Waals surface area (Å²) in [7, 11) is 0. The molecule has 4 heteroatoms. The molecular formula is C17H23N3O. The topological polar surface area (TPSA) is 56.1 Å². The van der Waals surface area contributed by atoms with E-state index in [9.17, 15) is 4.79 Å². The number of nitrogens with zero attached hydrogens (tertiary/aromatic N) is 2. The van der Waals surface area contributed by atoms with Crippen LogP contribution in [0.2, 0.25) is 0 Å². The van der Waals surface area contributed by atoms with Crippen LogP contribution in [0.1, 0.15) is 32.3 Å². The van der Waals surface area contributed by atoms with E-state index in [-0.39, 0.29) is 5.91 Å². The summed E-state index contributed by atoms with van der Waals surface area (Å²) >= 11 is 0. The molecule has 0 bridgehead atoms. The zero-order chi connectivity index (χ0) is 15.2. The second-order valence-corrected chi connectivity index (χ2v) is 6.08. The highest BCUT2D eigenvalue weighted by atomic mass is 16.1. The first-order valence-corrected chi connectivity index (χ1v) is 7.61. The van der Waals surface area contributed by atoms with Crippen molar-refractivity contribution in [1.82, 2.24) is 4.90 Å². The molecule has 0 saturated carbocycles. The number of hydrogen-bond acceptors (Lipinski definition) is 3. The van der Waals surface area contributed by atoms with E-state index in [2.05, 4.69) is 30.1 Å². The molecule has 1 atom stereocenters. The quantitative estimate of drug-likeness (QED) is 0.905. The van der Waals surface area contributed by atoms with E-state index in [1.54, 1.807) is 18.2 Å². The molecule has 1 amide bonds. The summed E-state index contributed by atoms with van der Waals surface area (Å²) in [5.74, 6) is 1.50. The van der Waals surface area contributed by atoms with Crippen molar-refractivity contribution in [3.63, 3.8) is 0 Å². The Morgan fingerprint density at radius 2 is 2.33 bits per heavy atom. The van der Waals surface area contributed by atoms with E-state index in [1.807, 2.05) is 6.07 Å². The number of anilines is 1. The summed E-state index contributed by atoms with van der Waals surface area (Å²) in [6, 6.07) is 9.09. The minimum Gasteiger partial charge on any atom is -0.326 e. The lowest BCUT2D eigenvalue weighted by molar-refractivity contribution is -0.116. The molecule has 1 heterocycles. The van der Waals surface area contributed by atoms with Crippen LogP contribution in [0.25, 0.3) is 0 Å². The van der Waals surface area contributed by atoms with Gasteiger partial charge in [-0.15, -0.1) is 0 Å². The molecule has 0 spiro atoms. The average molecular weight is 285 g/mol. The Bertz CT molecular complexity index is 533. The molecule has 1 aromatic carbocycles. The lowest BCUT2D eigenvalue weighted by Gasteiger charge is -2.17. The average Bonchev–Trinajstić information content (AvgIpc) is 2.94. The SMILES string of the molecule is CC(C)C1CCN(CCC(=O)Nc2cccc(C#N)c2)C1. The van der Waals surface area contributed by atoms with E-state index in [0.717, 1.165) is 31.5 Å². The third-order valence-corrected chi connectivity index (χ3v) is 4.18. The zero-order valence-corrected chi connectivity index (χ0v) is 12.8. The van der Waals surface area contributed by atoms with Crippen LogP contribution in [0.3, 0.4) is 0 Å². The highest BCUT2D eigenvalue weighted by Gasteiger charge is 2.24. The highest BCUT2D eigenvalue weighted by molar-refractivity contribution is 5.90. The van der Waals surface area contributed by atoms with Gasteiger partial charge in [0.2, 0.25) is 5.91 Å². The Morgan fingerprint density at radius 3 is 3.00 bits per heavy atom. The molecule has 0 aliphatic carbocycles. The number of likely N-dealkylation sites (tertiary alicyclic amines) is 1. The van der Waals surface area contributed by atoms with Crippen molar-refractivity contribution in [2.45, 2.75) is 26.7 Å². The second kappa shape index (κ2) is 7.24. The van der Waals surface area contributed by atoms with Crippen molar-refractivity contribution in [3.05, 3.63) is 29.8 Å². The first-order chi connectivity index (χ1) is 10.1. The number of nitrogens with one attached hydrogen (secondary N) is 1. The Labute approximate surface area is 126 Å². The smallest absolute Gasteiger partial charge is 0.225 e. The van der Waals surface area contributed by atoms with E-state index in [0.29, 0.717) is 17.7 Å². The molecule has 4 nitrogen and oxygen atoms in total. The fourth-order valence-electron chi connectivity index (χ4n) is 2.76. The van der Waals surface area contributed by atoms with E-state index in [4.69, 9.17) is 5.26 Å². The molecule has 0 radical (unpaired) electrons. The van der Waals surface area contributed by atoms with Gasteiger partial charge in [-0.2, -0.15) is 5.26 Å². The first kappa shape index (κ1) is 15.5. The van der Waals surface area contributed by atoms with Gasteiger partial charge < -0.3 is 10.2 Å². The Balaban J connectivity index is 1.76. The standard InChI is InChI=1S/C17H23N3O/c1-13(2)15-6-8-20(12-15)9-7-17(21)19-16-5-3-4-14(10-16)11-18/h3-5,10,13,15H,6-9,12H2,1-2H3,(H,19,21). The van der Waals surface area contributed by atoms with Gasteiger partial charge in [0.25, 0.3) is 0 Å². The fourth-order valence-corrected chi connectivity index (χ4v) is 2.76. The monoisotopic (exact) mass is 285 g/mol. The Kier molecular flexibility index (Phi) is 5.35. The van der Waals surface area contributed by atoms with Gasteiger partial charge >= 0.3 is 0 Å². The molecule has 1 unspecified atom stereocenters. The molecule has 1 saturated heterocycles. The lowest BCUT2D eigenvalue weighted by Crippen LogP contribution is -2.26. The summed E-state index contributed by atoms with van der Waals surface area (Å²) in [4.78, 5) is 14.3. The van der Waals surface area contributed by atoms with Crippen molar-refractivity contribution in [1.29, 1.82) is 5.26 Å². The van der Waals surface area contributed by atoms with Crippen LogP contribution in [-0.2, 0) is 4.79 Å². The maximum absolute atomic E-state index is 12.0. The molecule has 1 fully saturated rings. The summed E-state index contributed by atoms with van der Waals surface area (Å²) in [5, 5.41) is 11.7. The van der Waals surface area contributed by atoms with Crippen molar-refractivity contribution < 1.29 is 4.79 Å². The van der Waals surface area contributed by atoms with Gasteiger partial charge in [-0.3, -0.25) is 4.79 Å². The van der Waals surface area contributed by atoms with Gasteiger partial charge in [-0.1, -0.05) is 19.9 Å². The predicted molar refractivity (Wildman–Crippen MR) is 83.8 cm³/mol. The Hall–Kier alpha value is -1.86. The molecular weight excluding hydrogens is 262 g/mol. The van der Waals surface area contributed by atoms with Crippen LogP contribution in [0, 0.1) is 23.2 Å². The largest absolute Gasteiger partial charge is 0.326 e. The second-order valence-electron chi connectivity index (χ2n) is 6.08. The molecule has 1 aromatic rings. The number of benzene rings is 1. The molecule has 0 aromatic heterocycles. The third kappa shape index (κ3) is 4.57. The Morgan fingerprint density at radius 1 is 1.52 bits per heavy atom. The fraction of sp³-hybridized carbons (Fsp3) is 0.529. The maximum atomic E-state index is 12.0. The maximum Gasteiger partial charge on any atom is 0.225 e. The van der Waals surface area contributed by atoms with Crippen molar-refractivity contribution in [3.8, 4) is 6.07 Å². The van der Waals surface area contributed by atoms with Gasteiger partial charge in [0.15, 0.2) is 0 Å². The van der Waals surface area contributed by atoms with Crippen LogP contribution >= 0.6 is 0 Å². The molecule has 1 aliphatic rings. The molecule has 112 valence electrons. The number of carbonyl (C=O) groups excluding carboxylic acids is 1. The van der Waals surface area contributed by atoms with E-state index in [1.165, 1.54) is 6.42 Å². The van der Waals surface area contributed by atoms with Gasteiger partial charge in [0.1, 0.15) is 0 Å². The molecule has 2 rings (SSSR count). The van der Waals surface area contributed by atoms with Gasteiger partial charge in [0, 0.05) is 25.2 Å². The molecule has 1 aliphatic heterocycles. The number of amides is 1. The van der Waals surface area contributed by atoms with Crippen molar-refractivity contribution >= 4 is 11.6 Å². The van der Waals surface area contributed by atoms with Crippen LogP contribution in [0.15, 0.2) is 24.3 Å². The zero-order valence-electron chi connectivity index (χ0n) is 12.8. The van der Waals surface area contributed by atoms with Gasteiger partial charge in [-0.25, -0.2) is 0 Å². The van der Waals surface area contributed by atoms with E-state index < -0.39 is 0 Å². The highest BCUT2D eigenvalue weighted by Crippen LogP contribution is 2.23. The van der Waals surface area contributed by atoms with E-state index >= 15 is 0 Å². The third-order valence-electron chi connectivity index (χ3n) is 4.18.